The molecule has 0 aliphatic carbocycles. The van der Waals surface area contributed by atoms with Crippen LogP contribution in [0, 0.1) is 17.1 Å². The van der Waals surface area contributed by atoms with E-state index in [1.165, 1.54) is 23.8 Å². The zero-order valence-corrected chi connectivity index (χ0v) is 10.3. The lowest BCUT2D eigenvalue weighted by atomic mass is 10.1. The van der Waals surface area contributed by atoms with Gasteiger partial charge in [-0.1, -0.05) is 0 Å². The second kappa shape index (κ2) is 6.50. The minimum atomic E-state index is -0.455. The molecular formula is C15H13FN2O. The molecule has 0 radical (unpaired) electrons. The summed E-state index contributed by atoms with van der Waals surface area (Å²) in [7, 11) is 0. The number of hydrogen-bond acceptors (Lipinski definition) is 3. The van der Waals surface area contributed by atoms with Crippen molar-refractivity contribution in [3.8, 4) is 11.8 Å². The Balaban J connectivity index is 1.83. The molecule has 0 amide bonds. The zero-order chi connectivity index (χ0) is 13.5. The first-order chi connectivity index (χ1) is 9.28. The molecule has 2 aromatic rings. The van der Waals surface area contributed by atoms with E-state index in [0.29, 0.717) is 12.4 Å². The first-order valence-corrected chi connectivity index (χ1v) is 6.00. The van der Waals surface area contributed by atoms with E-state index < -0.39 is 5.82 Å². The van der Waals surface area contributed by atoms with Crippen LogP contribution in [-0.2, 0) is 6.42 Å². The van der Waals surface area contributed by atoms with Gasteiger partial charge in [-0.3, -0.25) is 4.98 Å². The Kier molecular flexibility index (Phi) is 4.46. The molecule has 2 rings (SSSR count). The Labute approximate surface area is 111 Å². The van der Waals surface area contributed by atoms with Crippen LogP contribution in [0.4, 0.5) is 4.39 Å². The van der Waals surface area contributed by atoms with E-state index in [1.807, 2.05) is 18.2 Å². The molecule has 0 N–H and O–H groups in total. The quantitative estimate of drug-likeness (QED) is 0.772. The standard InChI is InChI=1S/C15H13FN2O/c16-14-8-13(11-17)9-15(10-14)19-7-1-2-12-3-5-18-6-4-12/h3-6,8-10H,1-2,7H2. The minimum Gasteiger partial charge on any atom is -0.493 e. The average Bonchev–Trinajstić information content (AvgIpc) is 2.44. The number of nitriles is 1. The summed E-state index contributed by atoms with van der Waals surface area (Å²) < 4.78 is 18.6. The van der Waals surface area contributed by atoms with Gasteiger partial charge in [0.25, 0.3) is 0 Å². The average molecular weight is 256 g/mol. The van der Waals surface area contributed by atoms with Gasteiger partial charge in [0.15, 0.2) is 0 Å². The fourth-order valence-electron chi connectivity index (χ4n) is 1.73. The maximum Gasteiger partial charge on any atom is 0.128 e. The molecule has 1 aromatic heterocycles. The van der Waals surface area contributed by atoms with E-state index in [9.17, 15) is 4.39 Å². The Morgan fingerprint density at radius 1 is 1.21 bits per heavy atom. The highest BCUT2D eigenvalue weighted by Crippen LogP contribution is 2.16. The largest absolute Gasteiger partial charge is 0.493 e. The van der Waals surface area contributed by atoms with Crippen LogP contribution < -0.4 is 4.74 Å². The maximum atomic E-state index is 13.2. The molecule has 1 aromatic carbocycles. The molecule has 0 aliphatic rings. The summed E-state index contributed by atoms with van der Waals surface area (Å²) in [5.41, 5.74) is 1.46. The number of hydrogen-bond donors (Lipinski definition) is 0. The fourth-order valence-corrected chi connectivity index (χ4v) is 1.73. The molecule has 0 atom stereocenters. The van der Waals surface area contributed by atoms with Crippen LogP contribution >= 0.6 is 0 Å². The molecule has 0 saturated carbocycles. The molecular weight excluding hydrogens is 243 g/mol. The van der Waals surface area contributed by atoms with Crippen molar-refractivity contribution >= 4 is 0 Å². The lowest BCUT2D eigenvalue weighted by Gasteiger charge is -2.06. The van der Waals surface area contributed by atoms with Crippen molar-refractivity contribution in [2.24, 2.45) is 0 Å². The molecule has 0 fully saturated rings. The summed E-state index contributed by atoms with van der Waals surface area (Å²) in [6.45, 7) is 0.483. The van der Waals surface area contributed by atoms with Crippen molar-refractivity contribution in [1.82, 2.24) is 4.98 Å². The van der Waals surface area contributed by atoms with Crippen LogP contribution in [0.3, 0.4) is 0 Å². The predicted octanol–water partition coefficient (Wildman–Crippen LogP) is 3.10. The molecule has 0 unspecified atom stereocenters. The molecule has 1 heterocycles. The highest BCUT2D eigenvalue weighted by atomic mass is 19.1. The summed E-state index contributed by atoms with van der Waals surface area (Å²) in [4.78, 5) is 3.95. The molecule has 96 valence electrons. The van der Waals surface area contributed by atoms with Crippen molar-refractivity contribution in [3.63, 3.8) is 0 Å². The van der Waals surface area contributed by atoms with Gasteiger partial charge in [-0.2, -0.15) is 5.26 Å². The van der Waals surface area contributed by atoms with Gasteiger partial charge in [-0.25, -0.2) is 4.39 Å². The molecule has 4 heteroatoms. The summed E-state index contributed by atoms with van der Waals surface area (Å²) in [6.07, 6.45) is 5.20. The minimum absolute atomic E-state index is 0.268. The number of nitrogens with zero attached hydrogens (tertiary/aromatic N) is 2. The van der Waals surface area contributed by atoms with Gasteiger partial charge in [0.05, 0.1) is 18.2 Å². The smallest absolute Gasteiger partial charge is 0.128 e. The monoisotopic (exact) mass is 256 g/mol. The van der Waals surface area contributed by atoms with Gasteiger partial charge in [0.2, 0.25) is 0 Å². The molecule has 3 nitrogen and oxygen atoms in total. The van der Waals surface area contributed by atoms with Crippen LogP contribution in [0.2, 0.25) is 0 Å². The number of rotatable bonds is 5. The Morgan fingerprint density at radius 2 is 2.00 bits per heavy atom. The lowest BCUT2D eigenvalue weighted by molar-refractivity contribution is 0.309. The summed E-state index contributed by atoms with van der Waals surface area (Å²) in [5, 5.41) is 8.73. The van der Waals surface area contributed by atoms with E-state index in [-0.39, 0.29) is 5.56 Å². The Morgan fingerprint density at radius 3 is 2.74 bits per heavy atom. The van der Waals surface area contributed by atoms with Crippen molar-refractivity contribution in [2.75, 3.05) is 6.61 Å². The van der Waals surface area contributed by atoms with E-state index in [4.69, 9.17) is 10.00 Å². The molecule has 0 spiro atoms. The van der Waals surface area contributed by atoms with Gasteiger partial charge in [0, 0.05) is 18.5 Å². The first-order valence-electron chi connectivity index (χ1n) is 6.00. The number of aromatic nitrogens is 1. The van der Waals surface area contributed by atoms with Crippen LogP contribution in [0.15, 0.2) is 42.7 Å². The lowest BCUT2D eigenvalue weighted by Crippen LogP contribution is -2.00. The second-order valence-corrected chi connectivity index (χ2v) is 4.09. The van der Waals surface area contributed by atoms with Gasteiger partial charge in [-0.15, -0.1) is 0 Å². The van der Waals surface area contributed by atoms with Crippen molar-refractivity contribution < 1.29 is 9.13 Å². The SMILES string of the molecule is N#Cc1cc(F)cc(OCCCc2ccncc2)c1. The van der Waals surface area contributed by atoms with E-state index in [1.54, 1.807) is 12.4 Å². The number of aryl methyl sites for hydroxylation is 1. The highest BCUT2D eigenvalue weighted by Gasteiger charge is 2.01. The molecule has 19 heavy (non-hydrogen) atoms. The predicted molar refractivity (Wildman–Crippen MR) is 69.2 cm³/mol. The van der Waals surface area contributed by atoms with Gasteiger partial charge in [0.1, 0.15) is 11.6 Å². The number of benzene rings is 1. The third-order valence-electron chi connectivity index (χ3n) is 2.63. The molecule has 0 bridgehead atoms. The van der Waals surface area contributed by atoms with Crippen molar-refractivity contribution in [2.45, 2.75) is 12.8 Å². The zero-order valence-electron chi connectivity index (χ0n) is 10.3. The van der Waals surface area contributed by atoms with Crippen molar-refractivity contribution in [3.05, 3.63) is 59.7 Å². The topological polar surface area (TPSA) is 45.9 Å². The van der Waals surface area contributed by atoms with E-state index >= 15 is 0 Å². The van der Waals surface area contributed by atoms with Crippen molar-refractivity contribution in [1.29, 1.82) is 5.26 Å². The fraction of sp³-hybridized carbons (Fsp3) is 0.200. The van der Waals surface area contributed by atoms with Gasteiger partial charge >= 0.3 is 0 Å². The highest BCUT2D eigenvalue weighted by molar-refractivity contribution is 5.37. The molecule has 0 saturated heterocycles. The van der Waals surface area contributed by atoms with E-state index in [0.717, 1.165) is 12.8 Å². The van der Waals surface area contributed by atoms with Gasteiger partial charge < -0.3 is 4.74 Å². The number of pyridine rings is 1. The first kappa shape index (κ1) is 13.0. The van der Waals surface area contributed by atoms with Crippen LogP contribution in [-0.4, -0.2) is 11.6 Å². The third kappa shape index (κ3) is 4.07. The Bertz CT molecular complexity index is 578. The second-order valence-electron chi connectivity index (χ2n) is 4.09. The molecule has 0 aliphatic heterocycles. The normalized spacial score (nSPS) is 9.89. The van der Waals surface area contributed by atoms with Crippen LogP contribution in [0.1, 0.15) is 17.5 Å². The number of ether oxygens (including phenoxy) is 1. The summed E-state index contributed by atoms with van der Waals surface area (Å²) >= 11 is 0. The van der Waals surface area contributed by atoms with Gasteiger partial charge in [-0.05, 0) is 42.7 Å². The summed E-state index contributed by atoms with van der Waals surface area (Å²) in [6, 6.07) is 9.81. The van der Waals surface area contributed by atoms with E-state index in [2.05, 4.69) is 4.98 Å². The van der Waals surface area contributed by atoms with Crippen LogP contribution in [0.5, 0.6) is 5.75 Å². The number of halogens is 1. The van der Waals surface area contributed by atoms with Crippen LogP contribution in [0.25, 0.3) is 0 Å². The third-order valence-corrected chi connectivity index (χ3v) is 2.63. The summed E-state index contributed by atoms with van der Waals surface area (Å²) in [5.74, 6) is -0.0607. The Hall–Kier alpha value is -2.41. The maximum absolute atomic E-state index is 13.2.